The summed E-state index contributed by atoms with van der Waals surface area (Å²) in [5.41, 5.74) is 1.69. The lowest BCUT2D eigenvalue weighted by molar-refractivity contribution is -0.146. The number of aliphatic hydroxyl groups is 1. The summed E-state index contributed by atoms with van der Waals surface area (Å²) < 4.78 is 22.9. The fraction of sp³-hybridized carbons (Fsp3) is 0.323. The van der Waals surface area contributed by atoms with E-state index >= 15 is 0 Å². The number of nitrogens with one attached hydrogen (secondary N) is 2. The zero-order chi connectivity index (χ0) is 31.5. The van der Waals surface area contributed by atoms with Gasteiger partial charge in [0.25, 0.3) is 11.8 Å². The molecule has 1 saturated heterocycles. The van der Waals surface area contributed by atoms with Crippen molar-refractivity contribution in [2.24, 2.45) is 0 Å². The predicted octanol–water partition coefficient (Wildman–Crippen LogP) is 3.12. The molecule has 3 atom stereocenters. The number of aromatic hydroxyl groups is 1. The van der Waals surface area contributed by atoms with Crippen molar-refractivity contribution in [2.45, 2.75) is 55.0 Å². The van der Waals surface area contributed by atoms with E-state index in [0.717, 1.165) is 11.8 Å². The van der Waals surface area contributed by atoms with E-state index < -0.39 is 50.5 Å². The van der Waals surface area contributed by atoms with Crippen LogP contribution >= 0.6 is 11.8 Å². The van der Waals surface area contributed by atoms with Crippen LogP contribution in [-0.2, 0) is 25.8 Å². The minimum atomic E-state index is -3.41. The smallest absolute Gasteiger partial charge is 0.254 e. The van der Waals surface area contributed by atoms with E-state index in [2.05, 4.69) is 10.6 Å². The average molecular weight is 626 g/mol. The Labute approximate surface area is 255 Å². The topological polar surface area (TPSA) is 153 Å². The Morgan fingerprint density at radius 1 is 1.02 bits per heavy atom. The SMILES string of the molecule is Cc1c(O)cccc1C(=O)NC(Cc1ccccc1)C(O)C(=O)N1CSC(C)(C)C1C(=O)Nc1ccc(S(C)(=O)=O)cc1. The largest absolute Gasteiger partial charge is 0.508 e. The number of hydrogen-bond donors (Lipinski definition) is 4. The van der Waals surface area contributed by atoms with Gasteiger partial charge in [-0.3, -0.25) is 14.4 Å². The van der Waals surface area contributed by atoms with E-state index in [4.69, 9.17) is 0 Å². The van der Waals surface area contributed by atoms with Gasteiger partial charge >= 0.3 is 0 Å². The van der Waals surface area contributed by atoms with Gasteiger partial charge in [0.05, 0.1) is 16.8 Å². The average Bonchev–Trinajstić information content (AvgIpc) is 3.28. The van der Waals surface area contributed by atoms with Crippen LogP contribution in [0.2, 0.25) is 0 Å². The first-order chi connectivity index (χ1) is 20.2. The number of phenolic OH excluding ortho intramolecular Hbond substituents is 1. The second-order valence-corrected chi connectivity index (χ2v) is 14.7. The van der Waals surface area contributed by atoms with E-state index in [0.29, 0.717) is 11.3 Å². The Morgan fingerprint density at radius 2 is 1.67 bits per heavy atom. The molecule has 4 rings (SSSR count). The monoisotopic (exact) mass is 625 g/mol. The van der Waals surface area contributed by atoms with Crippen molar-refractivity contribution in [1.29, 1.82) is 0 Å². The highest BCUT2D eigenvalue weighted by Gasteiger charge is 2.50. The summed E-state index contributed by atoms with van der Waals surface area (Å²) in [6.07, 6.45) is -0.474. The summed E-state index contributed by atoms with van der Waals surface area (Å²) in [4.78, 5) is 42.1. The van der Waals surface area contributed by atoms with Gasteiger partial charge in [-0.1, -0.05) is 36.4 Å². The maximum Gasteiger partial charge on any atom is 0.254 e. The molecule has 228 valence electrons. The molecule has 0 aromatic heterocycles. The first-order valence-corrected chi connectivity index (χ1v) is 16.4. The molecular formula is C31H35N3O7S2. The number of sulfone groups is 1. The van der Waals surface area contributed by atoms with Gasteiger partial charge in [-0.25, -0.2) is 8.42 Å². The first-order valence-electron chi connectivity index (χ1n) is 13.6. The molecule has 3 aromatic rings. The summed E-state index contributed by atoms with van der Waals surface area (Å²) in [7, 11) is -3.41. The van der Waals surface area contributed by atoms with Gasteiger partial charge in [-0.15, -0.1) is 11.8 Å². The first kappa shape index (κ1) is 32.1. The highest BCUT2D eigenvalue weighted by Crippen LogP contribution is 2.40. The van der Waals surface area contributed by atoms with Crippen molar-refractivity contribution in [3.8, 4) is 5.75 Å². The van der Waals surface area contributed by atoms with Crippen LogP contribution in [0.5, 0.6) is 5.75 Å². The number of carbonyl (C=O) groups excluding carboxylic acids is 3. The van der Waals surface area contributed by atoms with Gasteiger partial charge in [-0.2, -0.15) is 0 Å². The number of thioether (sulfide) groups is 1. The highest BCUT2D eigenvalue weighted by molar-refractivity contribution is 8.00. The summed E-state index contributed by atoms with van der Waals surface area (Å²) >= 11 is 1.37. The molecule has 1 aliphatic heterocycles. The maximum atomic E-state index is 13.9. The quantitative estimate of drug-likeness (QED) is 0.283. The second-order valence-electron chi connectivity index (χ2n) is 11.0. The number of hydrogen-bond acceptors (Lipinski definition) is 8. The molecule has 0 spiro atoms. The molecule has 1 fully saturated rings. The van der Waals surface area contributed by atoms with Gasteiger partial charge < -0.3 is 25.7 Å². The summed E-state index contributed by atoms with van der Waals surface area (Å²) in [6.45, 7) is 5.24. The van der Waals surface area contributed by atoms with Crippen LogP contribution in [0.25, 0.3) is 0 Å². The van der Waals surface area contributed by atoms with Gasteiger partial charge in [-0.05, 0) is 69.2 Å². The van der Waals surface area contributed by atoms with E-state index in [1.165, 1.54) is 53.1 Å². The second kappa shape index (κ2) is 12.8. The zero-order valence-electron chi connectivity index (χ0n) is 24.3. The molecule has 12 heteroatoms. The van der Waals surface area contributed by atoms with Crippen molar-refractivity contribution in [3.05, 3.63) is 89.5 Å². The zero-order valence-corrected chi connectivity index (χ0v) is 25.9. The van der Waals surface area contributed by atoms with Crippen LogP contribution in [0, 0.1) is 6.92 Å². The van der Waals surface area contributed by atoms with E-state index in [1.807, 2.05) is 44.2 Å². The number of aliphatic hydroxyl groups excluding tert-OH is 1. The number of nitrogens with zero attached hydrogens (tertiary/aromatic N) is 1. The maximum absolute atomic E-state index is 13.9. The molecule has 0 radical (unpaired) electrons. The Morgan fingerprint density at radius 3 is 2.30 bits per heavy atom. The van der Waals surface area contributed by atoms with Crippen LogP contribution in [0.3, 0.4) is 0 Å². The van der Waals surface area contributed by atoms with Crippen molar-refractivity contribution in [1.82, 2.24) is 10.2 Å². The number of amides is 3. The van der Waals surface area contributed by atoms with E-state index in [1.54, 1.807) is 13.0 Å². The van der Waals surface area contributed by atoms with Gasteiger partial charge in [0.2, 0.25) is 5.91 Å². The molecule has 0 saturated carbocycles. The third kappa shape index (κ3) is 7.38. The minimum absolute atomic E-state index is 0.0555. The number of rotatable bonds is 9. The van der Waals surface area contributed by atoms with Crippen LogP contribution in [0.15, 0.2) is 77.7 Å². The van der Waals surface area contributed by atoms with Gasteiger partial charge in [0, 0.05) is 27.8 Å². The molecule has 1 heterocycles. The van der Waals surface area contributed by atoms with E-state index in [9.17, 15) is 33.0 Å². The highest BCUT2D eigenvalue weighted by atomic mass is 32.2. The van der Waals surface area contributed by atoms with Crippen molar-refractivity contribution < 1.29 is 33.0 Å². The Kier molecular flexibility index (Phi) is 9.53. The molecule has 10 nitrogen and oxygen atoms in total. The lowest BCUT2D eigenvalue weighted by Crippen LogP contribution is -2.57. The lowest BCUT2D eigenvalue weighted by Gasteiger charge is -2.33. The van der Waals surface area contributed by atoms with Crippen LogP contribution in [0.1, 0.15) is 35.3 Å². The normalized spacial score (nSPS) is 17.6. The third-order valence-corrected chi connectivity index (χ3v) is 9.93. The minimum Gasteiger partial charge on any atom is -0.508 e. The molecule has 0 aliphatic carbocycles. The standard InChI is InChI=1S/C31H35N3O7S2/c1-19-23(11-8-12-25(19)35)28(37)33-24(17-20-9-6-5-7-10-20)26(36)30(39)34-18-42-31(2,3)27(34)29(38)32-21-13-15-22(16-14-21)43(4,40)41/h5-16,24,26-27,35-36H,17-18H2,1-4H3,(H,32,38)(H,33,37). The van der Waals surface area contributed by atoms with Crippen molar-refractivity contribution in [3.63, 3.8) is 0 Å². The predicted molar refractivity (Wildman–Crippen MR) is 166 cm³/mol. The number of phenols is 1. The summed E-state index contributed by atoms with van der Waals surface area (Å²) in [5, 5.41) is 27.1. The van der Waals surface area contributed by atoms with Crippen LogP contribution in [0.4, 0.5) is 5.69 Å². The fourth-order valence-electron chi connectivity index (χ4n) is 4.98. The van der Waals surface area contributed by atoms with Crippen molar-refractivity contribution in [2.75, 3.05) is 17.4 Å². The molecule has 3 aromatic carbocycles. The molecule has 1 aliphatic rings. The lowest BCUT2D eigenvalue weighted by atomic mass is 9.96. The number of anilines is 1. The molecule has 4 N–H and O–H groups in total. The number of benzene rings is 3. The van der Waals surface area contributed by atoms with E-state index in [-0.39, 0.29) is 28.5 Å². The fourth-order valence-corrected chi connectivity index (χ4v) is 6.75. The number of carbonyl (C=O) groups is 3. The Hall–Kier alpha value is -3.87. The van der Waals surface area contributed by atoms with Crippen LogP contribution < -0.4 is 10.6 Å². The van der Waals surface area contributed by atoms with Gasteiger partial charge in [0.1, 0.15) is 11.8 Å². The molecule has 0 bridgehead atoms. The Bertz CT molecular complexity index is 1610. The summed E-state index contributed by atoms with van der Waals surface area (Å²) in [6, 6.07) is 17.3. The molecule has 3 amide bonds. The summed E-state index contributed by atoms with van der Waals surface area (Å²) in [5.74, 6) is -1.71. The Balaban J connectivity index is 1.58. The van der Waals surface area contributed by atoms with Crippen LogP contribution in [-0.4, -0.2) is 76.3 Å². The molecular weight excluding hydrogens is 590 g/mol. The molecule has 43 heavy (non-hydrogen) atoms. The third-order valence-electron chi connectivity index (χ3n) is 7.43. The van der Waals surface area contributed by atoms with Gasteiger partial charge in [0.15, 0.2) is 15.9 Å². The van der Waals surface area contributed by atoms with Crippen molar-refractivity contribution >= 4 is 45.0 Å². The molecule has 3 unspecified atom stereocenters.